The number of sulfonamides is 1. The van der Waals surface area contributed by atoms with Gasteiger partial charge in [0, 0.05) is 12.0 Å². The highest BCUT2D eigenvalue weighted by molar-refractivity contribution is 7.89. The van der Waals surface area contributed by atoms with Crippen molar-refractivity contribution in [3.8, 4) is 0 Å². The highest BCUT2D eigenvalue weighted by Crippen LogP contribution is 2.34. The number of benzene rings is 3. The lowest BCUT2D eigenvalue weighted by atomic mass is 10.0. The maximum atomic E-state index is 12.8. The highest BCUT2D eigenvalue weighted by atomic mass is 32.2. The van der Waals surface area contributed by atoms with Crippen molar-refractivity contribution < 1.29 is 17.9 Å². The monoisotopic (exact) mass is 434 g/mol. The molecule has 3 aromatic rings. The number of ether oxygens (including phenoxy) is 1. The maximum Gasteiger partial charge on any atom is 0.314 e. The summed E-state index contributed by atoms with van der Waals surface area (Å²) < 4.78 is 30.7. The van der Waals surface area contributed by atoms with Gasteiger partial charge in [-0.3, -0.25) is 4.79 Å². The number of esters is 1. The van der Waals surface area contributed by atoms with Gasteiger partial charge in [-0.1, -0.05) is 72.3 Å². The fourth-order valence-corrected chi connectivity index (χ4v) is 4.34. The largest absolute Gasteiger partial charge is 0.460 e. The summed E-state index contributed by atoms with van der Waals surface area (Å²) in [5, 5.41) is 4.16. The van der Waals surface area contributed by atoms with E-state index in [1.807, 2.05) is 61.5 Å². The predicted octanol–water partition coefficient (Wildman–Crippen LogP) is 3.91. The van der Waals surface area contributed by atoms with Crippen molar-refractivity contribution in [1.29, 1.82) is 0 Å². The van der Waals surface area contributed by atoms with Gasteiger partial charge >= 0.3 is 5.97 Å². The molecule has 0 amide bonds. The van der Waals surface area contributed by atoms with E-state index in [2.05, 4.69) is 9.93 Å². The number of nitrogens with zero attached hydrogens (tertiary/aromatic N) is 1. The molecule has 0 fully saturated rings. The predicted molar refractivity (Wildman–Crippen MR) is 118 cm³/mol. The molecule has 0 spiro atoms. The van der Waals surface area contributed by atoms with Gasteiger partial charge in [0.25, 0.3) is 10.0 Å². The van der Waals surface area contributed by atoms with Gasteiger partial charge < -0.3 is 4.74 Å². The zero-order chi connectivity index (χ0) is 21.8. The van der Waals surface area contributed by atoms with E-state index in [1.165, 1.54) is 12.1 Å². The zero-order valence-corrected chi connectivity index (χ0v) is 17.8. The lowest BCUT2D eigenvalue weighted by Gasteiger charge is -2.11. The third kappa shape index (κ3) is 4.67. The Balaban J connectivity index is 1.52. The molecule has 1 unspecified atom stereocenters. The van der Waals surface area contributed by atoms with Gasteiger partial charge in [0.15, 0.2) is 0 Å². The van der Waals surface area contributed by atoms with Crippen LogP contribution in [-0.2, 0) is 26.2 Å². The summed E-state index contributed by atoms with van der Waals surface area (Å²) in [6.45, 7) is 2.07. The zero-order valence-electron chi connectivity index (χ0n) is 17.0. The average molecular weight is 435 g/mol. The molecule has 6 nitrogen and oxygen atoms in total. The topological polar surface area (TPSA) is 84.8 Å². The Bertz CT molecular complexity index is 1220. The number of hydrogen-bond acceptors (Lipinski definition) is 5. The second-order valence-corrected chi connectivity index (χ2v) is 9.06. The van der Waals surface area contributed by atoms with Gasteiger partial charge in [0.2, 0.25) is 0 Å². The molecule has 4 rings (SSSR count). The van der Waals surface area contributed by atoms with Crippen molar-refractivity contribution in [2.24, 2.45) is 5.10 Å². The molecule has 1 atom stereocenters. The second-order valence-electron chi connectivity index (χ2n) is 7.40. The number of nitrogens with one attached hydrogen (secondary N) is 1. The summed E-state index contributed by atoms with van der Waals surface area (Å²) in [5.41, 5.74) is 3.91. The fourth-order valence-electron chi connectivity index (χ4n) is 3.51. The Morgan fingerprint density at radius 3 is 2.42 bits per heavy atom. The normalized spacial score (nSPS) is 16.7. The first-order valence-corrected chi connectivity index (χ1v) is 11.4. The Labute approximate surface area is 181 Å². The Morgan fingerprint density at radius 2 is 1.68 bits per heavy atom. The minimum atomic E-state index is -3.80. The first-order chi connectivity index (χ1) is 14.9. The minimum absolute atomic E-state index is 0.132. The number of hydrazone groups is 1. The lowest BCUT2D eigenvalue weighted by Crippen LogP contribution is -2.20. The average Bonchev–Trinajstić information content (AvgIpc) is 3.16. The molecule has 7 heteroatoms. The first kappa shape index (κ1) is 20.8. The van der Waals surface area contributed by atoms with Crippen LogP contribution in [0, 0.1) is 6.92 Å². The molecule has 3 aromatic carbocycles. The SMILES string of the molecule is Cc1ccc(S(=O)(=O)NN=C2CC(C(=O)OCc3ccccc3)c3ccccc32)cc1. The Hall–Kier alpha value is -3.45. The molecule has 0 saturated carbocycles. The molecule has 31 heavy (non-hydrogen) atoms. The van der Waals surface area contributed by atoms with Crippen LogP contribution in [0.5, 0.6) is 0 Å². The molecule has 1 N–H and O–H groups in total. The van der Waals surface area contributed by atoms with Crippen LogP contribution in [0.3, 0.4) is 0 Å². The molecule has 0 bridgehead atoms. The maximum absolute atomic E-state index is 12.8. The van der Waals surface area contributed by atoms with Crippen molar-refractivity contribution in [3.05, 3.63) is 101 Å². The number of carbonyl (C=O) groups is 1. The van der Waals surface area contributed by atoms with E-state index in [1.54, 1.807) is 12.1 Å². The summed E-state index contributed by atoms with van der Waals surface area (Å²) in [6, 6.07) is 23.3. The molecular weight excluding hydrogens is 412 g/mol. The molecular formula is C24H22N2O4S. The van der Waals surface area contributed by atoms with Crippen LogP contribution in [0.15, 0.2) is 88.9 Å². The van der Waals surface area contributed by atoms with Gasteiger partial charge in [0.05, 0.1) is 16.5 Å². The van der Waals surface area contributed by atoms with Crippen molar-refractivity contribution >= 4 is 21.7 Å². The summed E-state index contributed by atoms with van der Waals surface area (Å²) in [7, 11) is -3.80. The molecule has 0 radical (unpaired) electrons. The molecule has 1 aliphatic rings. The second kappa shape index (κ2) is 8.73. The van der Waals surface area contributed by atoms with E-state index in [4.69, 9.17) is 4.74 Å². The smallest absolute Gasteiger partial charge is 0.314 e. The molecule has 0 saturated heterocycles. The standard InChI is InChI=1S/C24H22N2O4S/c1-17-11-13-19(14-12-17)31(28,29)26-25-23-15-22(20-9-5-6-10-21(20)23)24(27)30-16-18-7-3-2-4-8-18/h2-14,22,26H,15-16H2,1H3. The Morgan fingerprint density at radius 1 is 1.00 bits per heavy atom. The van der Waals surface area contributed by atoms with E-state index >= 15 is 0 Å². The summed E-state index contributed by atoms with van der Waals surface area (Å²) in [5.74, 6) is -0.884. The van der Waals surface area contributed by atoms with Crippen LogP contribution in [0.25, 0.3) is 0 Å². The first-order valence-electron chi connectivity index (χ1n) is 9.89. The van der Waals surface area contributed by atoms with Gasteiger partial charge in [-0.15, -0.1) is 0 Å². The third-order valence-corrected chi connectivity index (χ3v) is 6.41. The molecule has 0 aliphatic heterocycles. The van der Waals surface area contributed by atoms with Crippen LogP contribution < -0.4 is 4.83 Å². The number of fused-ring (bicyclic) bond motifs is 1. The van der Waals surface area contributed by atoms with Crippen molar-refractivity contribution in [2.75, 3.05) is 0 Å². The molecule has 158 valence electrons. The fraction of sp³-hybridized carbons (Fsp3) is 0.167. The van der Waals surface area contributed by atoms with E-state index < -0.39 is 15.9 Å². The van der Waals surface area contributed by atoms with Crippen LogP contribution >= 0.6 is 0 Å². The van der Waals surface area contributed by atoms with Crippen LogP contribution in [-0.4, -0.2) is 20.1 Å². The van der Waals surface area contributed by atoms with Gasteiger partial charge in [-0.25, -0.2) is 0 Å². The van der Waals surface area contributed by atoms with Crippen LogP contribution in [0.4, 0.5) is 0 Å². The van der Waals surface area contributed by atoms with Gasteiger partial charge in [-0.2, -0.15) is 18.4 Å². The number of aryl methyl sites for hydroxylation is 1. The van der Waals surface area contributed by atoms with Crippen LogP contribution in [0.1, 0.15) is 34.6 Å². The Kier molecular flexibility index (Phi) is 5.86. The summed E-state index contributed by atoms with van der Waals surface area (Å²) >= 11 is 0. The van der Waals surface area contributed by atoms with Gasteiger partial charge in [-0.05, 0) is 30.2 Å². The van der Waals surface area contributed by atoms with Gasteiger partial charge in [0.1, 0.15) is 6.61 Å². The van der Waals surface area contributed by atoms with E-state index in [-0.39, 0.29) is 23.9 Å². The lowest BCUT2D eigenvalue weighted by molar-refractivity contribution is -0.146. The molecule has 0 aromatic heterocycles. The molecule has 1 aliphatic carbocycles. The number of rotatable bonds is 6. The van der Waals surface area contributed by atoms with Crippen molar-refractivity contribution in [1.82, 2.24) is 4.83 Å². The third-order valence-electron chi connectivity index (χ3n) is 5.19. The molecule has 0 heterocycles. The summed E-state index contributed by atoms with van der Waals surface area (Å²) in [6.07, 6.45) is 0.267. The minimum Gasteiger partial charge on any atom is -0.460 e. The number of carbonyl (C=O) groups excluding carboxylic acids is 1. The highest BCUT2D eigenvalue weighted by Gasteiger charge is 2.34. The van der Waals surface area contributed by atoms with Crippen molar-refractivity contribution in [3.63, 3.8) is 0 Å². The quantitative estimate of drug-likeness (QED) is 0.471. The van der Waals surface area contributed by atoms with E-state index in [0.29, 0.717) is 5.71 Å². The van der Waals surface area contributed by atoms with E-state index in [9.17, 15) is 13.2 Å². The van der Waals surface area contributed by atoms with Crippen LogP contribution in [0.2, 0.25) is 0 Å². The van der Waals surface area contributed by atoms with Crippen molar-refractivity contribution in [2.45, 2.75) is 30.8 Å². The summed E-state index contributed by atoms with van der Waals surface area (Å²) in [4.78, 5) is 15.2. The number of hydrogen-bond donors (Lipinski definition) is 1. The van der Waals surface area contributed by atoms with E-state index in [0.717, 1.165) is 22.3 Å².